The lowest BCUT2D eigenvalue weighted by Gasteiger charge is -2.09. The summed E-state index contributed by atoms with van der Waals surface area (Å²) in [6.45, 7) is 2.16. The lowest BCUT2D eigenvalue weighted by atomic mass is 10.1. The molecular formula is C16H25FO2S. The number of hydrogen-bond acceptors (Lipinski definition) is 2. The van der Waals surface area contributed by atoms with Crippen LogP contribution in [0.4, 0.5) is 4.39 Å². The maximum absolute atomic E-state index is 13.8. The van der Waals surface area contributed by atoms with Crippen molar-refractivity contribution in [1.82, 2.24) is 0 Å². The molecular weight excluding hydrogens is 275 g/mol. The Hall–Kier alpha value is -0.900. The Balaban J connectivity index is 2.30. The average molecular weight is 300 g/mol. The van der Waals surface area contributed by atoms with Crippen molar-refractivity contribution in [2.24, 2.45) is 0 Å². The maximum atomic E-state index is 13.8. The summed E-state index contributed by atoms with van der Waals surface area (Å²) in [6, 6.07) is 8.11. The molecule has 20 heavy (non-hydrogen) atoms. The standard InChI is InChI=1S/C16H25FO2S/c1-2-3-4-5-6-8-11-15(17)14-20(18,19)16-12-9-7-10-13-16/h7,9-10,12-13,15H,2-6,8,11,14H2,1H3. The van der Waals surface area contributed by atoms with Crippen molar-refractivity contribution >= 4 is 9.84 Å². The van der Waals surface area contributed by atoms with E-state index < -0.39 is 21.8 Å². The van der Waals surface area contributed by atoms with Gasteiger partial charge in [0.05, 0.1) is 10.6 Å². The number of benzene rings is 1. The Labute approximate surface area is 122 Å². The minimum Gasteiger partial charge on any atom is -0.246 e. The van der Waals surface area contributed by atoms with Crippen LogP contribution in [0.25, 0.3) is 0 Å². The SMILES string of the molecule is CCCCCCCCC(F)CS(=O)(=O)c1ccccc1. The van der Waals surface area contributed by atoms with Crippen LogP contribution in [0.15, 0.2) is 35.2 Å². The van der Waals surface area contributed by atoms with Crippen LogP contribution in [0.1, 0.15) is 51.9 Å². The van der Waals surface area contributed by atoms with Gasteiger partial charge in [-0.1, -0.05) is 63.6 Å². The molecule has 0 saturated heterocycles. The molecule has 2 nitrogen and oxygen atoms in total. The van der Waals surface area contributed by atoms with Gasteiger partial charge < -0.3 is 0 Å². The maximum Gasteiger partial charge on any atom is 0.181 e. The molecule has 0 heterocycles. The van der Waals surface area contributed by atoms with Crippen LogP contribution in [0.2, 0.25) is 0 Å². The summed E-state index contributed by atoms with van der Waals surface area (Å²) in [6.07, 6.45) is 5.58. The van der Waals surface area contributed by atoms with Gasteiger partial charge in [0.2, 0.25) is 0 Å². The van der Waals surface area contributed by atoms with Crippen LogP contribution in [0.5, 0.6) is 0 Å². The molecule has 0 saturated carbocycles. The first kappa shape index (κ1) is 17.2. The molecule has 0 aromatic heterocycles. The zero-order valence-electron chi connectivity index (χ0n) is 12.2. The number of halogens is 1. The molecule has 1 aromatic rings. The van der Waals surface area contributed by atoms with E-state index in [1.807, 2.05) is 0 Å². The summed E-state index contributed by atoms with van der Waals surface area (Å²) in [5, 5.41) is 0. The van der Waals surface area contributed by atoms with E-state index in [-0.39, 0.29) is 4.90 Å². The van der Waals surface area contributed by atoms with Gasteiger partial charge in [0, 0.05) is 0 Å². The molecule has 1 aromatic carbocycles. The predicted molar refractivity (Wildman–Crippen MR) is 81.4 cm³/mol. The lowest BCUT2D eigenvalue weighted by Crippen LogP contribution is -2.17. The molecule has 0 aliphatic carbocycles. The smallest absolute Gasteiger partial charge is 0.181 e. The van der Waals surface area contributed by atoms with Crippen LogP contribution in [-0.4, -0.2) is 20.3 Å². The molecule has 0 aliphatic heterocycles. The highest BCUT2D eigenvalue weighted by molar-refractivity contribution is 7.91. The Morgan fingerprint density at radius 2 is 1.60 bits per heavy atom. The molecule has 1 rings (SSSR count). The minimum absolute atomic E-state index is 0.214. The molecule has 0 amide bonds. The third-order valence-electron chi connectivity index (χ3n) is 3.37. The van der Waals surface area contributed by atoms with E-state index in [2.05, 4.69) is 6.92 Å². The van der Waals surface area contributed by atoms with Crippen molar-refractivity contribution in [3.8, 4) is 0 Å². The molecule has 1 atom stereocenters. The van der Waals surface area contributed by atoms with Crippen molar-refractivity contribution < 1.29 is 12.8 Å². The zero-order valence-corrected chi connectivity index (χ0v) is 13.0. The number of alkyl halides is 1. The number of sulfone groups is 1. The number of hydrogen-bond donors (Lipinski definition) is 0. The fraction of sp³-hybridized carbons (Fsp3) is 0.625. The van der Waals surface area contributed by atoms with Crippen LogP contribution in [0, 0.1) is 0 Å². The monoisotopic (exact) mass is 300 g/mol. The van der Waals surface area contributed by atoms with Crippen molar-refractivity contribution in [3.05, 3.63) is 30.3 Å². The summed E-state index contributed by atoms with van der Waals surface area (Å²) < 4.78 is 37.7. The van der Waals surface area contributed by atoms with Crippen molar-refractivity contribution in [3.63, 3.8) is 0 Å². The van der Waals surface area contributed by atoms with Gasteiger partial charge >= 0.3 is 0 Å². The largest absolute Gasteiger partial charge is 0.246 e. The van der Waals surface area contributed by atoms with Crippen LogP contribution >= 0.6 is 0 Å². The van der Waals surface area contributed by atoms with E-state index in [1.165, 1.54) is 31.4 Å². The van der Waals surface area contributed by atoms with Crippen molar-refractivity contribution in [1.29, 1.82) is 0 Å². The minimum atomic E-state index is -3.49. The summed E-state index contributed by atoms with van der Waals surface area (Å²) in [4.78, 5) is 0.214. The van der Waals surface area contributed by atoms with Gasteiger partial charge in [-0.05, 0) is 18.6 Å². The molecule has 0 bridgehead atoms. The van der Waals surface area contributed by atoms with Crippen molar-refractivity contribution in [2.45, 2.75) is 62.9 Å². The predicted octanol–water partition coefficient (Wildman–Crippen LogP) is 4.55. The highest BCUT2D eigenvalue weighted by Gasteiger charge is 2.20. The van der Waals surface area contributed by atoms with E-state index in [4.69, 9.17) is 0 Å². The molecule has 0 N–H and O–H groups in total. The summed E-state index contributed by atoms with van der Waals surface area (Å²) >= 11 is 0. The number of rotatable bonds is 10. The van der Waals surface area contributed by atoms with Crippen molar-refractivity contribution in [2.75, 3.05) is 5.75 Å². The third kappa shape index (κ3) is 6.51. The Morgan fingerprint density at radius 3 is 2.25 bits per heavy atom. The second kappa shape index (κ2) is 9.11. The van der Waals surface area contributed by atoms with E-state index in [0.29, 0.717) is 6.42 Å². The average Bonchev–Trinajstić information content (AvgIpc) is 2.43. The molecule has 0 radical (unpaired) electrons. The Kier molecular flexibility index (Phi) is 7.82. The van der Waals surface area contributed by atoms with Gasteiger partial charge in [-0.2, -0.15) is 0 Å². The Bertz CT molecular complexity index is 457. The fourth-order valence-electron chi connectivity index (χ4n) is 2.19. The topological polar surface area (TPSA) is 34.1 Å². The van der Waals surface area contributed by atoms with E-state index in [1.54, 1.807) is 18.2 Å². The molecule has 1 unspecified atom stereocenters. The Morgan fingerprint density at radius 1 is 1.00 bits per heavy atom. The third-order valence-corrected chi connectivity index (χ3v) is 5.16. The van der Waals surface area contributed by atoms with Crippen LogP contribution in [0.3, 0.4) is 0 Å². The fourth-order valence-corrected chi connectivity index (χ4v) is 3.60. The zero-order chi connectivity index (χ0) is 14.8. The second-order valence-electron chi connectivity index (χ2n) is 5.25. The first-order valence-electron chi connectivity index (χ1n) is 7.48. The van der Waals surface area contributed by atoms with Gasteiger partial charge in [-0.3, -0.25) is 0 Å². The highest BCUT2D eigenvalue weighted by atomic mass is 32.2. The van der Waals surface area contributed by atoms with Gasteiger partial charge in [0.1, 0.15) is 6.17 Å². The van der Waals surface area contributed by atoms with Crippen LogP contribution in [-0.2, 0) is 9.84 Å². The molecule has 114 valence electrons. The normalized spacial score (nSPS) is 13.3. The van der Waals surface area contributed by atoms with Crippen LogP contribution < -0.4 is 0 Å². The van der Waals surface area contributed by atoms with Gasteiger partial charge in [-0.25, -0.2) is 12.8 Å². The summed E-state index contributed by atoms with van der Waals surface area (Å²) in [7, 11) is -3.49. The molecule has 4 heteroatoms. The molecule has 0 aliphatic rings. The summed E-state index contributed by atoms with van der Waals surface area (Å²) in [5.74, 6) is -0.397. The number of unbranched alkanes of at least 4 members (excludes halogenated alkanes) is 5. The first-order chi connectivity index (χ1) is 9.56. The van der Waals surface area contributed by atoms with Gasteiger partial charge in [0.25, 0.3) is 0 Å². The molecule has 0 fully saturated rings. The van der Waals surface area contributed by atoms with E-state index >= 15 is 0 Å². The van der Waals surface area contributed by atoms with E-state index in [0.717, 1.165) is 19.3 Å². The van der Waals surface area contributed by atoms with Gasteiger partial charge in [-0.15, -0.1) is 0 Å². The second-order valence-corrected chi connectivity index (χ2v) is 7.28. The van der Waals surface area contributed by atoms with E-state index in [9.17, 15) is 12.8 Å². The first-order valence-corrected chi connectivity index (χ1v) is 9.13. The molecule has 0 spiro atoms. The lowest BCUT2D eigenvalue weighted by molar-refractivity contribution is 0.330. The quantitative estimate of drug-likeness (QED) is 0.594. The summed E-state index contributed by atoms with van der Waals surface area (Å²) in [5.41, 5.74) is 0. The highest BCUT2D eigenvalue weighted by Crippen LogP contribution is 2.16. The van der Waals surface area contributed by atoms with Gasteiger partial charge in [0.15, 0.2) is 9.84 Å².